The number of morpholine rings is 1. The van der Waals surface area contributed by atoms with Gasteiger partial charge in [-0.2, -0.15) is 16.6 Å². The monoisotopic (exact) mass is 414 g/mol. The average Bonchev–Trinajstić information content (AvgIpc) is 3.47. The smallest absolute Gasteiger partial charge is 0.0991 e. The summed E-state index contributed by atoms with van der Waals surface area (Å²) in [7, 11) is 0. The molecule has 0 bridgehead atoms. The van der Waals surface area contributed by atoms with E-state index in [1.807, 2.05) is 24.5 Å². The summed E-state index contributed by atoms with van der Waals surface area (Å²) in [6, 6.07) is 12.5. The summed E-state index contributed by atoms with van der Waals surface area (Å²) in [6.07, 6.45) is 6.03. The number of thiophene rings is 1. The second-order valence-electron chi connectivity index (χ2n) is 7.51. The normalized spacial score (nSPS) is 14.8. The fourth-order valence-electron chi connectivity index (χ4n) is 4.03. The second-order valence-corrected chi connectivity index (χ2v) is 8.29. The Morgan fingerprint density at radius 3 is 2.70 bits per heavy atom. The molecule has 1 aliphatic heterocycles. The lowest BCUT2D eigenvalue weighted by Crippen LogP contribution is -2.38. The van der Waals surface area contributed by atoms with E-state index in [2.05, 4.69) is 55.7 Å². The SMILES string of the molecule is N#Cc1ccc2c(c1)c(-c1cncc(-c3ccsc3)c1)cn2CCN1CCOCC1. The lowest BCUT2D eigenvalue weighted by Gasteiger charge is -2.26. The standard InChI is InChI=1S/C24H22N4OS/c25-13-18-1-2-24-22(11-18)23(16-28(24)5-4-27-6-8-29-9-7-27)21-12-20(14-26-15-21)19-3-10-30-17-19/h1-3,10-12,14-17H,4-9H2. The van der Waals surface area contributed by atoms with E-state index < -0.39 is 0 Å². The van der Waals surface area contributed by atoms with Crippen LogP contribution in [0.5, 0.6) is 0 Å². The highest BCUT2D eigenvalue weighted by Gasteiger charge is 2.15. The maximum Gasteiger partial charge on any atom is 0.0991 e. The molecule has 1 aliphatic rings. The van der Waals surface area contributed by atoms with E-state index in [1.54, 1.807) is 11.3 Å². The van der Waals surface area contributed by atoms with Crippen LogP contribution >= 0.6 is 11.3 Å². The van der Waals surface area contributed by atoms with Crippen LogP contribution in [0.2, 0.25) is 0 Å². The summed E-state index contributed by atoms with van der Waals surface area (Å²) in [5.74, 6) is 0. The molecule has 0 radical (unpaired) electrons. The van der Waals surface area contributed by atoms with Crippen molar-refractivity contribution in [1.82, 2.24) is 14.5 Å². The van der Waals surface area contributed by atoms with Crippen molar-refractivity contribution in [3.05, 3.63) is 65.2 Å². The van der Waals surface area contributed by atoms with Gasteiger partial charge in [-0.25, -0.2) is 0 Å². The Hall–Kier alpha value is -2.98. The molecule has 0 spiro atoms. The number of pyridine rings is 1. The number of rotatable bonds is 5. The van der Waals surface area contributed by atoms with E-state index in [9.17, 15) is 5.26 Å². The quantitative estimate of drug-likeness (QED) is 0.478. The Kier molecular flexibility index (Phi) is 5.33. The maximum atomic E-state index is 9.42. The number of nitrogens with zero attached hydrogens (tertiary/aromatic N) is 4. The van der Waals surface area contributed by atoms with E-state index in [0.29, 0.717) is 5.56 Å². The first kappa shape index (κ1) is 19.0. The summed E-state index contributed by atoms with van der Waals surface area (Å²) in [4.78, 5) is 6.95. The first-order valence-electron chi connectivity index (χ1n) is 10.1. The lowest BCUT2D eigenvalue weighted by molar-refractivity contribution is 0.0365. The van der Waals surface area contributed by atoms with Crippen molar-refractivity contribution in [1.29, 1.82) is 5.26 Å². The van der Waals surface area contributed by atoms with Crippen LogP contribution in [-0.2, 0) is 11.3 Å². The minimum absolute atomic E-state index is 0.677. The number of aromatic nitrogens is 2. The summed E-state index contributed by atoms with van der Waals surface area (Å²) >= 11 is 1.69. The Morgan fingerprint density at radius 2 is 1.90 bits per heavy atom. The van der Waals surface area contributed by atoms with Crippen LogP contribution in [0.1, 0.15) is 5.56 Å². The third-order valence-electron chi connectivity index (χ3n) is 5.67. The number of benzene rings is 1. The van der Waals surface area contributed by atoms with Gasteiger partial charge in [-0.05, 0) is 46.7 Å². The van der Waals surface area contributed by atoms with Crippen LogP contribution in [0.15, 0.2) is 59.7 Å². The summed E-state index contributed by atoms with van der Waals surface area (Å²) in [5.41, 5.74) is 6.31. The molecule has 1 fully saturated rings. The summed E-state index contributed by atoms with van der Waals surface area (Å²) in [5, 5.41) is 14.7. The molecule has 6 heteroatoms. The first-order valence-corrected chi connectivity index (χ1v) is 11.1. The molecule has 4 heterocycles. The van der Waals surface area contributed by atoms with Crippen LogP contribution < -0.4 is 0 Å². The Balaban J connectivity index is 1.54. The van der Waals surface area contributed by atoms with Gasteiger partial charge in [-0.3, -0.25) is 9.88 Å². The molecule has 0 unspecified atom stereocenters. The van der Waals surface area contributed by atoms with E-state index >= 15 is 0 Å². The van der Waals surface area contributed by atoms with Gasteiger partial charge < -0.3 is 9.30 Å². The van der Waals surface area contributed by atoms with Gasteiger partial charge in [0.2, 0.25) is 0 Å². The first-order chi connectivity index (χ1) is 14.8. The molecule has 1 saturated heterocycles. The molecule has 0 N–H and O–H groups in total. The fraction of sp³-hybridized carbons (Fsp3) is 0.250. The Morgan fingerprint density at radius 1 is 1.03 bits per heavy atom. The number of hydrogen-bond donors (Lipinski definition) is 0. The lowest BCUT2D eigenvalue weighted by atomic mass is 10.0. The van der Waals surface area contributed by atoms with Crippen LogP contribution in [0.3, 0.4) is 0 Å². The minimum Gasteiger partial charge on any atom is -0.379 e. The molecule has 0 aliphatic carbocycles. The fourth-order valence-corrected chi connectivity index (χ4v) is 4.69. The molecular formula is C24H22N4OS. The number of fused-ring (bicyclic) bond motifs is 1. The summed E-state index contributed by atoms with van der Waals surface area (Å²) in [6.45, 7) is 5.48. The van der Waals surface area contributed by atoms with Gasteiger partial charge in [0.1, 0.15) is 0 Å². The number of hydrogen-bond acceptors (Lipinski definition) is 5. The van der Waals surface area contributed by atoms with Crippen molar-refractivity contribution in [2.24, 2.45) is 0 Å². The zero-order valence-corrected chi connectivity index (χ0v) is 17.4. The zero-order chi connectivity index (χ0) is 20.3. The Bertz CT molecular complexity index is 1200. The molecular weight excluding hydrogens is 392 g/mol. The van der Waals surface area contributed by atoms with Gasteiger partial charge in [0, 0.05) is 72.4 Å². The highest BCUT2D eigenvalue weighted by Crippen LogP contribution is 2.33. The van der Waals surface area contributed by atoms with Gasteiger partial charge in [0.05, 0.1) is 24.8 Å². The minimum atomic E-state index is 0.677. The van der Waals surface area contributed by atoms with Gasteiger partial charge in [-0.15, -0.1) is 0 Å². The van der Waals surface area contributed by atoms with Crippen molar-refractivity contribution in [3.8, 4) is 28.3 Å². The van der Waals surface area contributed by atoms with Crippen molar-refractivity contribution in [2.75, 3.05) is 32.8 Å². The van der Waals surface area contributed by atoms with Crippen LogP contribution in [0, 0.1) is 11.3 Å². The van der Waals surface area contributed by atoms with Gasteiger partial charge in [-0.1, -0.05) is 0 Å². The van der Waals surface area contributed by atoms with Crippen LogP contribution in [0.4, 0.5) is 0 Å². The van der Waals surface area contributed by atoms with E-state index in [-0.39, 0.29) is 0 Å². The molecule has 5 nitrogen and oxygen atoms in total. The van der Waals surface area contributed by atoms with Gasteiger partial charge in [0.25, 0.3) is 0 Å². The predicted octanol–water partition coefficient (Wildman–Crippen LogP) is 4.64. The molecule has 3 aromatic heterocycles. The van der Waals surface area contributed by atoms with E-state index in [4.69, 9.17) is 4.74 Å². The zero-order valence-electron chi connectivity index (χ0n) is 16.6. The van der Waals surface area contributed by atoms with Crippen molar-refractivity contribution < 1.29 is 4.74 Å². The molecule has 150 valence electrons. The molecule has 30 heavy (non-hydrogen) atoms. The average molecular weight is 415 g/mol. The third-order valence-corrected chi connectivity index (χ3v) is 6.36. The highest BCUT2D eigenvalue weighted by atomic mass is 32.1. The maximum absolute atomic E-state index is 9.42. The third kappa shape index (κ3) is 3.75. The van der Waals surface area contributed by atoms with Crippen molar-refractivity contribution in [3.63, 3.8) is 0 Å². The van der Waals surface area contributed by atoms with E-state index in [0.717, 1.165) is 67.0 Å². The van der Waals surface area contributed by atoms with E-state index in [1.165, 1.54) is 5.56 Å². The van der Waals surface area contributed by atoms with Crippen LogP contribution in [0.25, 0.3) is 33.2 Å². The van der Waals surface area contributed by atoms with Crippen molar-refractivity contribution in [2.45, 2.75) is 6.54 Å². The topological polar surface area (TPSA) is 54.1 Å². The molecule has 0 amide bonds. The van der Waals surface area contributed by atoms with Gasteiger partial charge >= 0.3 is 0 Å². The van der Waals surface area contributed by atoms with Crippen molar-refractivity contribution >= 4 is 22.2 Å². The number of ether oxygens (including phenoxy) is 1. The predicted molar refractivity (Wildman–Crippen MR) is 120 cm³/mol. The molecule has 4 aromatic rings. The van der Waals surface area contributed by atoms with Crippen LogP contribution in [-0.4, -0.2) is 47.3 Å². The Labute approximate surface area is 179 Å². The number of nitriles is 1. The molecule has 0 atom stereocenters. The molecule has 5 rings (SSSR count). The largest absolute Gasteiger partial charge is 0.379 e. The summed E-state index contributed by atoms with van der Waals surface area (Å²) < 4.78 is 7.77. The van der Waals surface area contributed by atoms with Gasteiger partial charge in [0.15, 0.2) is 0 Å². The molecule has 0 saturated carbocycles. The molecule has 1 aromatic carbocycles. The highest BCUT2D eigenvalue weighted by molar-refractivity contribution is 7.08. The second kappa shape index (κ2) is 8.41.